The molecule has 0 aromatic carbocycles. The number of rotatable bonds is 3. The molecule has 1 unspecified atom stereocenters. The van der Waals surface area contributed by atoms with Crippen LogP contribution in [0.3, 0.4) is 0 Å². The summed E-state index contributed by atoms with van der Waals surface area (Å²) in [5.74, 6) is 1.26. The fraction of sp³-hybridized carbons (Fsp3) is 0.818. The van der Waals surface area contributed by atoms with Crippen LogP contribution in [0.5, 0.6) is 0 Å². The maximum absolute atomic E-state index is 5.31. The lowest BCUT2D eigenvalue weighted by Crippen LogP contribution is -2.37. The van der Waals surface area contributed by atoms with Crippen LogP contribution in [-0.2, 0) is 4.74 Å². The molecule has 0 aliphatic carbocycles. The number of morpholine rings is 1. The Labute approximate surface area is 81.6 Å². The van der Waals surface area contributed by atoms with E-state index in [4.69, 9.17) is 4.74 Å². The van der Waals surface area contributed by atoms with Crippen molar-refractivity contribution >= 4 is 0 Å². The molecule has 0 aromatic rings. The number of hydrogen-bond acceptors (Lipinski definition) is 2. The molecule has 1 heterocycles. The van der Waals surface area contributed by atoms with E-state index in [9.17, 15) is 0 Å². The van der Waals surface area contributed by atoms with Gasteiger partial charge >= 0.3 is 0 Å². The second kappa shape index (κ2) is 4.66. The molecule has 2 heteroatoms. The molecule has 0 N–H and O–H groups in total. The van der Waals surface area contributed by atoms with E-state index in [1.165, 1.54) is 5.70 Å². The van der Waals surface area contributed by atoms with Crippen molar-refractivity contribution in [2.24, 2.45) is 11.8 Å². The zero-order valence-electron chi connectivity index (χ0n) is 9.05. The van der Waals surface area contributed by atoms with E-state index >= 15 is 0 Å². The minimum Gasteiger partial charge on any atom is -0.378 e. The Bertz CT molecular complexity index is 171. The van der Waals surface area contributed by atoms with Crippen molar-refractivity contribution < 1.29 is 4.74 Å². The second-order valence-electron chi connectivity index (χ2n) is 4.12. The van der Waals surface area contributed by atoms with Crippen LogP contribution in [0.2, 0.25) is 0 Å². The highest BCUT2D eigenvalue weighted by molar-refractivity contribution is 5.00. The molecule has 2 nitrogen and oxygen atoms in total. The Morgan fingerprint density at radius 2 is 1.77 bits per heavy atom. The molecule has 1 rings (SSSR count). The molecule has 0 bridgehead atoms. The van der Waals surface area contributed by atoms with Gasteiger partial charge in [-0.1, -0.05) is 27.4 Å². The van der Waals surface area contributed by atoms with Gasteiger partial charge in [-0.25, -0.2) is 0 Å². The van der Waals surface area contributed by atoms with Gasteiger partial charge in [0, 0.05) is 18.8 Å². The summed E-state index contributed by atoms with van der Waals surface area (Å²) in [6.07, 6.45) is 0. The van der Waals surface area contributed by atoms with Gasteiger partial charge in [-0.2, -0.15) is 0 Å². The highest BCUT2D eigenvalue weighted by atomic mass is 16.5. The molecule has 1 aliphatic rings. The molecule has 0 saturated carbocycles. The second-order valence-corrected chi connectivity index (χ2v) is 4.12. The number of ether oxygens (including phenoxy) is 1. The standard InChI is InChI=1S/C11H21NO/c1-9(2)10(3)11(4)12-5-7-13-8-6-12/h9-10H,4-8H2,1-3H3. The lowest BCUT2D eigenvalue weighted by atomic mass is 9.94. The Balaban J connectivity index is 2.45. The topological polar surface area (TPSA) is 12.5 Å². The molecule has 1 saturated heterocycles. The van der Waals surface area contributed by atoms with Gasteiger partial charge in [0.25, 0.3) is 0 Å². The van der Waals surface area contributed by atoms with E-state index < -0.39 is 0 Å². The van der Waals surface area contributed by atoms with Crippen molar-refractivity contribution in [2.45, 2.75) is 20.8 Å². The zero-order chi connectivity index (χ0) is 9.84. The van der Waals surface area contributed by atoms with Gasteiger partial charge in [0.05, 0.1) is 13.2 Å². The van der Waals surface area contributed by atoms with Gasteiger partial charge in [-0.15, -0.1) is 0 Å². The molecule has 1 atom stereocenters. The summed E-state index contributed by atoms with van der Waals surface area (Å²) < 4.78 is 5.31. The Morgan fingerprint density at radius 3 is 2.23 bits per heavy atom. The lowest BCUT2D eigenvalue weighted by Gasteiger charge is -2.34. The van der Waals surface area contributed by atoms with Crippen LogP contribution < -0.4 is 0 Å². The number of hydrogen-bond donors (Lipinski definition) is 0. The molecule has 0 radical (unpaired) electrons. The zero-order valence-corrected chi connectivity index (χ0v) is 9.05. The number of allylic oxidation sites excluding steroid dienone is 1. The van der Waals surface area contributed by atoms with Crippen LogP contribution >= 0.6 is 0 Å². The minimum atomic E-state index is 0.582. The molecule has 76 valence electrons. The van der Waals surface area contributed by atoms with Gasteiger partial charge < -0.3 is 9.64 Å². The molecule has 0 spiro atoms. The fourth-order valence-electron chi connectivity index (χ4n) is 1.52. The average molecular weight is 183 g/mol. The molecule has 1 fully saturated rings. The van der Waals surface area contributed by atoms with Crippen molar-refractivity contribution in [1.82, 2.24) is 4.90 Å². The van der Waals surface area contributed by atoms with E-state index in [0.29, 0.717) is 11.8 Å². The molecular formula is C11H21NO. The monoisotopic (exact) mass is 183 g/mol. The Morgan fingerprint density at radius 1 is 1.23 bits per heavy atom. The summed E-state index contributed by atoms with van der Waals surface area (Å²) in [7, 11) is 0. The first-order valence-corrected chi connectivity index (χ1v) is 5.14. The van der Waals surface area contributed by atoms with E-state index in [1.807, 2.05) is 0 Å². The highest BCUT2D eigenvalue weighted by Gasteiger charge is 2.18. The Hall–Kier alpha value is -0.500. The summed E-state index contributed by atoms with van der Waals surface area (Å²) in [5, 5.41) is 0. The number of nitrogens with zero attached hydrogens (tertiary/aromatic N) is 1. The first-order chi connectivity index (χ1) is 6.13. The van der Waals surface area contributed by atoms with E-state index in [1.54, 1.807) is 0 Å². The molecule has 0 amide bonds. The van der Waals surface area contributed by atoms with Crippen LogP contribution in [0.25, 0.3) is 0 Å². The van der Waals surface area contributed by atoms with Gasteiger partial charge in [0.15, 0.2) is 0 Å². The summed E-state index contributed by atoms with van der Waals surface area (Å²) >= 11 is 0. The van der Waals surface area contributed by atoms with Gasteiger partial charge in [-0.05, 0) is 11.8 Å². The normalized spacial score (nSPS) is 20.5. The third-order valence-corrected chi connectivity index (χ3v) is 2.94. The van der Waals surface area contributed by atoms with E-state index in [2.05, 4.69) is 32.3 Å². The van der Waals surface area contributed by atoms with Crippen molar-refractivity contribution in [1.29, 1.82) is 0 Å². The summed E-state index contributed by atoms with van der Waals surface area (Å²) in [6, 6.07) is 0. The van der Waals surface area contributed by atoms with Crippen LogP contribution in [0.15, 0.2) is 12.3 Å². The summed E-state index contributed by atoms with van der Waals surface area (Å²) in [4.78, 5) is 2.36. The van der Waals surface area contributed by atoms with Crippen LogP contribution in [0.1, 0.15) is 20.8 Å². The van der Waals surface area contributed by atoms with Crippen LogP contribution in [0.4, 0.5) is 0 Å². The van der Waals surface area contributed by atoms with Crippen molar-refractivity contribution in [3.8, 4) is 0 Å². The molecule has 0 aromatic heterocycles. The van der Waals surface area contributed by atoms with Gasteiger partial charge in [-0.3, -0.25) is 0 Å². The van der Waals surface area contributed by atoms with Crippen LogP contribution in [0, 0.1) is 11.8 Å². The van der Waals surface area contributed by atoms with Gasteiger partial charge in [0.2, 0.25) is 0 Å². The van der Waals surface area contributed by atoms with Crippen molar-refractivity contribution in [2.75, 3.05) is 26.3 Å². The highest BCUT2D eigenvalue weighted by Crippen LogP contribution is 2.22. The largest absolute Gasteiger partial charge is 0.378 e. The van der Waals surface area contributed by atoms with Crippen LogP contribution in [-0.4, -0.2) is 31.2 Å². The smallest absolute Gasteiger partial charge is 0.0642 e. The summed E-state index contributed by atoms with van der Waals surface area (Å²) in [6.45, 7) is 14.6. The van der Waals surface area contributed by atoms with E-state index in [0.717, 1.165) is 26.3 Å². The fourth-order valence-corrected chi connectivity index (χ4v) is 1.52. The van der Waals surface area contributed by atoms with Crippen molar-refractivity contribution in [3.63, 3.8) is 0 Å². The minimum absolute atomic E-state index is 0.582. The molecular weight excluding hydrogens is 162 g/mol. The average Bonchev–Trinajstić information content (AvgIpc) is 2.17. The Kier molecular flexibility index (Phi) is 3.79. The molecule has 1 aliphatic heterocycles. The van der Waals surface area contributed by atoms with Gasteiger partial charge in [0.1, 0.15) is 0 Å². The maximum atomic E-state index is 5.31. The quantitative estimate of drug-likeness (QED) is 0.664. The van der Waals surface area contributed by atoms with Crippen molar-refractivity contribution in [3.05, 3.63) is 12.3 Å². The maximum Gasteiger partial charge on any atom is 0.0642 e. The predicted octanol–water partition coefficient (Wildman–Crippen LogP) is 2.12. The van der Waals surface area contributed by atoms with E-state index in [-0.39, 0.29) is 0 Å². The summed E-state index contributed by atoms with van der Waals surface area (Å²) in [5.41, 5.74) is 1.28. The lowest BCUT2D eigenvalue weighted by molar-refractivity contribution is 0.0476. The SMILES string of the molecule is C=C(C(C)C(C)C)N1CCOCC1. The first-order valence-electron chi connectivity index (χ1n) is 5.14. The third-order valence-electron chi connectivity index (χ3n) is 2.94. The third kappa shape index (κ3) is 2.73. The first kappa shape index (κ1) is 10.6. The predicted molar refractivity (Wildman–Crippen MR) is 55.5 cm³/mol. The molecule has 13 heavy (non-hydrogen) atoms.